The van der Waals surface area contributed by atoms with Crippen LogP contribution in [0.5, 0.6) is 5.75 Å². The average Bonchev–Trinajstić information content (AvgIpc) is 2.59. The van der Waals surface area contributed by atoms with Crippen LogP contribution in [-0.4, -0.2) is 23.5 Å². The maximum atomic E-state index is 11.9. The number of carbonyl (C=O) groups is 2. The van der Waals surface area contributed by atoms with Gasteiger partial charge in [0.2, 0.25) is 0 Å². The van der Waals surface area contributed by atoms with Crippen molar-refractivity contribution in [2.24, 2.45) is 0 Å². The van der Waals surface area contributed by atoms with Crippen LogP contribution in [0, 0.1) is 13.8 Å². The smallest absolute Gasteiger partial charge is 0.269 e. The summed E-state index contributed by atoms with van der Waals surface area (Å²) in [6.45, 7) is 3.67. The van der Waals surface area contributed by atoms with Crippen LogP contribution in [0.4, 0.5) is 0 Å². The number of hydrogen-bond acceptors (Lipinski definition) is 4. The zero-order valence-corrected chi connectivity index (χ0v) is 16.7. The number of thiocarbonyl (C=S) groups is 1. The van der Waals surface area contributed by atoms with E-state index in [1.165, 1.54) is 0 Å². The number of halogens is 1. The topological polar surface area (TPSA) is 79.5 Å². The standard InChI is InChI=1S/C18H18BrN3O3S/c1-11-3-6-13(7-4-11)17(24)21-22-18(26)20-16(23)10-25-15-8-5-12(2)9-14(15)19/h3-9H,10H2,1-2H3,(H,21,24)(H2,20,22,23,26). The zero-order valence-electron chi connectivity index (χ0n) is 14.3. The van der Waals surface area contributed by atoms with Gasteiger partial charge in [-0.3, -0.25) is 25.8 Å². The lowest BCUT2D eigenvalue weighted by Gasteiger charge is -2.12. The van der Waals surface area contributed by atoms with Crippen LogP contribution in [0.15, 0.2) is 46.9 Å². The SMILES string of the molecule is Cc1ccc(C(=O)NNC(=S)NC(=O)COc2ccc(C)cc2Br)cc1. The molecule has 8 heteroatoms. The van der Waals surface area contributed by atoms with E-state index >= 15 is 0 Å². The largest absolute Gasteiger partial charge is 0.483 e. The van der Waals surface area contributed by atoms with Crippen LogP contribution in [0.2, 0.25) is 0 Å². The summed E-state index contributed by atoms with van der Waals surface area (Å²) >= 11 is 8.34. The highest BCUT2D eigenvalue weighted by atomic mass is 79.9. The molecule has 0 spiro atoms. The van der Waals surface area contributed by atoms with Crippen LogP contribution in [0.3, 0.4) is 0 Å². The first-order valence-electron chi connectivity index (χ1n) is 7.71. The molecule has 0 atom stereocenters. The molecule has 2 amide bonds. The fraction of sp³-hybridized carbons (Fsp3) is 0.167. The number of hydrazine groups is 1. The monoisotopic (exact) mass is 435 g/mol. The molecule has 0 saturated heterocycles. The highest BCUT2D eigenvalue weighted by Gasteiger charge is 2.09. The van der Waals surface area contributed by atoms with Crippen molar-refractivity contribution in [2.45, 2.75) is 13.8 Å². The lowest BCUT2D eigenvalue weighted by atomic mass is 10.1. The number of benzene rings is 2. The van der Waals surface area contributed by atoms with E-state index < -0.39 is 5.91 Å². The molecule has 2 aromatic carbocycles. The van der Waals surface area contributed by atoms with Crippen molar-refractivity contribution in [1.29, 1.82) is 0 Å². The van der Waals surface area contributed by atoms with Gasteiger partial charge in [-0.25, -0.2) is 0 Å². The van der Waals surface area contributed by atoms with Gasteiger partial charge in [0, 0.05) is 5.56 Å². The second-order valence-corrected chi connectivity index (χ2v) is 6.81. The number of carbonyl (C=O) groups excluding carboxylic acids is 2. The summed E-state index contributed by atoms with van der Waals surface area (Å²) in [5.74, 6) is -0.252. The molecule has 0 unspecified atom stereocenters. The van der Waals surface area contributed by atoms with Crippen LogP contribution in [0.1, 0.15) is 21.5 Å². The molecular formula is C18H18BrN3O3S. The summed E-state index contributed by atoms with van der Waals surface area (Å²) < 4.78 is 6.19. The van der Waals surface area contributed by atoms with Crippen LogP contribution in [0.25, 0.3) is 0 Å². The molecule has 0 heterocycles. The molecular weight excluding hydrogens is 418 g/mol. The minimum atomic E-state index is -0.445. The lowest BCUT2D eigenvalue weighted by Crippen LogP contribution is -2.49. The van der Waals surface area contributed by atoms with Crippen molar-refractivity contribution in [3.8, 4) is 5.75 Å². The van der Waals surface area contributed by atoms with Gasteiger partial charge in [0.15, 0.2) is 11.7 Å². The molecule has 0 radical (unpaired) electrons. The molecule has 0 fully saturated rings. The van der Waals surface area contributed by atoms with Gasteiger partial charge in [-0.1, -0.05) is 23.8 Å². The Hall–Kier alpha value is -2.45. The van der Waals surface area contributed by atoms with Gasteiger partial charge >= 0.3 is 0 Å². The van der Waals surface area contributed by atoms with Crippen LogP contribution < -0.4 is 20.9 Å². The highest BCUT2D eigenvalue weighted by Crippen LogP contribution is 2.25. The van der Waals surface area contributed by atoms with E-state index in [2.05, 4.69) is 32.1 Å². The normalized spacial score (nSPS) is 9.96. The van der Waals surface area contributed by atoms with E-state index in [1.54, 1.807) is 18.2 Å². The van der Waals surface area contributed by atoms with E-state index in [0.717, 1.165) is 15.6 Å². The first-order chi connectivity index (χ1) is 12.3. The lowest BCUT2D eigenvalue weighted by molar-refractivity contribution is -0.121. The predicted octanol–water partition coefficient (Wildman–Crippen LogP) is 2.78. The van der Waals surface area contributed by atoms with Crippen LogP contribution >= 0.6 is 28.1 Å². The third-order valence-corrected chi connectivity index (χ3v) is 4.13. The van der Waals surface area contributed by atoms with Crippen molar-refractivity contribution in [2.75, 3.05) is 6.61 Å². The van der Waals surface area contributed by atoms with E-state index in [1.807, 2.05) is 38.1 Å². The molecule has 2 rings (SSSR count). The Morgan fingerprint density at radius 1 is 1.04 bits per heavy atom. The molecule has 136 valence electrons. The first kappa shape index (κ1) is 19.9. The minimum Gasteiger partial charge on any atom is -0.483 e. The molecule has 0 aliphatic heterocycles. The summed E-state index contributed by atoms with van der Waals surface area (Å²) in [7, 11) is 0. The Balaban J connectivity index is 1.75. The van der Waals surface area contributed by atoms with E-state index in [0.29, 0.717) is 11.3 Å². The molecule has 26 heavy (non-hydrogen) atoms. The van der Waals surface area contributed by atoms with Crippen molar-refractivity contribution >= 4 is 45.1 Å². The molecule has 3 N–H and O–H groups in total. The van der Waals surface area contributed by atoms with Gasteiger partial charge in [0.05, 0.1) is 4.47 Å². The molecule has 6 nitrogen and oxygen atoms in total. The van der Waals surface area contributed by atoms with Crippen molar-refractivity contribution < 1.29 is 14.3 Å². The second kappa shape index (κ2) is 9.30. The average molecular weight is 436 g/mol. The number of rotatable bonds is 4. The highest BCUT2D eigenvalue weighted by molar-refractivity contribution is 9.10. The van der Waals surface area contributed by atoms with Gasteiger partial charge in [-0.2, -0.15) is 0 Å². The minimum absolute atomic E-state index is 0.0259. The van der Waals surface area contributed by atoms with Gasteiger partial charge in [0.25, 0.3) is 11.8 Å². The molecule has 2 aromatic rings. The second-order valence-electron chi connectivity index (χ2n) is 5.55. The van der Waals surface area contributed by atoms with Crippen molar-refractivity contribution in [3.63, 3.8) is 0 Å². The van der Waals surface area contributed by atoms with Gasteiger partial charge in [0.1, 0.15) is 5.75 Å². The molecule has 0 aliphatic rings. The molecule has 0 aliphatic carbocycles. The van der Waals surface area contributed by atoms with Gasteiger partial charge < -0.3 is 4.74 Å². The number of aryl methyl sites for hydroxylation is 2. The fourth-order valence-electron chi connectivity index (χ4n) is 1.95. The molecule has 0 bridgehead atoms. The third-order valence-electron chi connectivity index (χ3n) is 3.30. The summed E-state index contributed by atoms with van der Waals surface area (Å²) in [5.41, 5.74) is 7.50. The predicted molar refractivity (Wildman–Crippen MR) is 107 cm³/mol. The zero-order chi connectivity index (χ0) is 19.1. The Labute approximate surface area is 165 Å². The Morgan fingerprint density at radius 3 is 2.35 bits per heavy atom. The van der Waals surface area contributed by atoms with Crippen LogP contribution in [-0.2, 0) is 4.79 Å². The quantitative estimate of drug-likeness (QED) is 0.508. The van der Waals surface area contributed by atoms with Gasteiger partial charge in [-0.15, -0.1) is 0 Å². The summed E-state index contributed by atoms with van der Waals surface area (Å²) in [5, 5.41) is 2.40. The Morgan fingerprint density at radius 2 is 1.69 bits per heavy atom. The molecule has 0 aromatic heterocycles. The van der Waals surface area contributed by atoms with Crippen molar-refractivity contribution in [3.05, 3.63) is 63.6 Å². The van der Waals surface area contributed by atoms with E-state index in [-0.39, 0.29) is 17.6 Å². The molecule has 0 saturated carbocycles. The summed E-state index contributed by atoms with van der Waals surface area (Å²) in [6.07, 6.45) is 0. The number of hydrogen-bond donors (Lipinski definition) is 3. The number of ether oxygens (including phenoxy) is 1. The number of amides is 2. The van der Waals surface area contributed by atoms with Gasteiger partial charge in [-0.05, 0) is 71.8 Å². The number of nitrogens with one attached hydrogen (secondary N) is 3. The summed E-state index contributed by atoms with van der Waals surface area (Å²) in [6, 6.07) is 12.6. The first-order valence-corrected chi connectivity index (χ1v) is 8.91. The Bertz CT molecular complexity index is 825. The maximum absolute atomic E-state index is 11.9. The maximum Gasteiger partial charge on any atom is 0.269 e. The fourth-order valence-corrected chi connectivity index (χ4v) is 2.72. The third kappa shape index (κ3) is 6.12. The Kier molecular flexibility index (Phi) is 7.11. The summed E-state index contributed by atoms with van der Waals surface area (Å²) in [4.78, 5) is 23.8. The van der Waals surface area contributed by atoms with Crippen molar-refractivity contribution in [1.82, 2.24) is 16.2 Å². The van der Waals surface area contributed by atoms with E-state index in [9.17, 15) is 9.59 Å². The van der Waals surface area contributed by atoms with E-state index in [4.69, 9.17) is 17.0 Å².